The summed E-state index contributed by atoms with van der Waals surface area (Å²) in [6, 6.07) is 12.3. The van der Waals surface area contributed by atoms with Crippen LogP contribution in [0.5, 0.6) is 0 Å². The van der Waals surface area contributed by atoms with Gasteiger partial charge in [-0.2, -0.15) is 18.3 Å². The average molecular weight is 671 g/mol. The molecule has 0 aliphatic carbocycles. The summed E-state index contributed by atoms with van der Waals surface area (Å²) in [6.45, 7) is 5.69. The first-order valence-electron chi connectivity index (χ1n) is 13.4. The molecule has 1 aliphatic heterocycles. The van der Waals surface area contributed by atoms with Crippen LogP contribution in [0.4, 0.5) is 22.8 Å². The number of carbonyl (C=O) groups is 2. The van der Waals surface area contributed by atoms with E-state index in [1.807, 2.05) is 6.92 Å². The van der Waals surface area contributed by atoms with Gasteiger partial charge in [-0.05, 0) is 58.0 Å². The lowest BCUT2D eigenvalue weighted by molar-refractivity contribution is -0.727. The minimum Gasteiger partial charge on any atom is -0.569 e. The van der Waals surface area contributed by atoms with E-state index < -0.39 is 52.6 Å². The summed E-state index contributed by atoms with van der Waals surface area (Å²) >= 11 is 0. The number of benzene rings is 2. The van der Waals surface area contributed by atoms with Gasteiger partial charge in [0.15, 0.2) is 5.69 Å². The number of halogens is 3. The Labute approximate surface area is 260 Å². The SMILES string of the molecule is Cc1ccc(-c2cc(C(F)(F)F)nn2-c2ccc(S(=O)(=O)NC(=O)OC3CN(/[N+]([O-])=N/OCOC(=O)OC(C)(C)C)C3)cc2)cc1. The summed E-state index contributed by atoms with van der Waals surface area (Å²) in [7, 11) is -4.45. The van der Waals surface area contributed by atoms with Crippen LogP contribution in [0, 0.1) is 12.1 Å². The summed E-state index contributed by atoms with van der Waals surface area (Å²) in [4.78, 5) is 27.9. The molecule has 0 radical (unpaired) electrons. The lowest BCUT2D eigenvalue weighted by atomic mass is 10.1. The van der Waals surface area contributed by atoms with Crippen molar-refractivity contribution < 1.29 is 55.2 Å². The number of amides is 1. The van der Waals surface area contributed by atoms with Crippen LogP contribution in [0.25, 0.3) is 16.9 Å². The molecule has 1 aromatic heterocycles. The minimum atomic E-state index is -4.72. The third-order valence-electron chi connectivity index (χ3n) is 6.05. The number of aromatic nitrogens is 2. The number of alkyl halides is 3. The molecule has 15 nitrogen and oxygen atoms in total. The van der Waals surface area contributed by atoms with Gasteiger partial charge >= 0.3 is 18.4 Å². The highest BCUT2D eigenvalue weighted by Crippen LogP contribution is 2.33. The summed E-state index contributed by atoms with van der Waals surface area (Å²) in [5, 5.41) is 19.8. The average Bonchev–Trinajstić information content (AvgIpc) is 3.38. The third kappa shape index (κ3) is 8.77. The molecule has 2 aromatic carbocycles. The summed E-state index contributed by atoms with van der Waals surface area (Å²) in [6.07, 6.45) is -7.94. The fourth-order valence-corrected chi connectivity index (χ4v) is 4.75. The zero-order valence-electron chi connectivity index (χ0n) is 24.8. The maximum Gasteiger partial charge on any atom is 0.511 e. The van der Waals surface area contributed by atoms with Gasteiger partial charge in [0.1, 0.15) is 24.8 Å². The quantitative estimate of drug-likeness (QED) is 0.0835. The predicted molar refractivity (Wildman–Crippen MR) is 150 cm³/mol. The van der Waals surface area contributed by atoms with Crippen LogP contribution in [0.2, 0.25) is 0 Å². The van der Waals surface area contributed by atoms with Gasteiger partial charge in [0.25, 0.3) is 16.8 Å². The van der Waals surface area contributed by atoms with Gasteiger partial charge in [-0.1, -0.05) is 29.8 Å². The molecule has 1 saturated heterocycles. The van der Waals surface area contributed by atoms with Crippen LogP contribution in [0.15, 0.2) is 64.8 Å². The van der Waals surface area contributed by atoms with Crippen molar-refractivity contribution in [3.8, 4) is 16.9 Å². The van der Waals surface area contributed by atoms with Gasteiger partial charge in [-0.15, -0.1) is 5.01 Å². The van der Waals surface area contributed by atoms with E-state index in [4.69, 9.17) is 9.47 Å². The normalized spacial score (nSPS) is 14.3. The molecule has 1 aliphatic rings. The number of sulfonamides is 1. The summed E-state index contributed by atoms with van der Waals surface area (Å²) in [5.41, 5.74) is -0.301. The molecule has 1 amide bonds. The zero-order chi connectivity index (χ0) is 33.9. The highest BCUT2D eigenvalue weighted by Gasteiger charge is 2.38. The Balaban J connectivity index is 1.32. The zero-order valence-corrected chi connectivity index (χ0v) is 25.7. The molecule has 19 heteroatoms. The van der Waals surface area contributed by atoms with Gasteiger partial charge in [-0.25, -0.2) is 27.4 Å². The molecule has 3 aromatic rings. The standard InChI is InChI=1S/C27H29F3N6O9S/c1-17-5-7-18(8-6-17)22-13-23(27(28,29)30)31-35(22)19-9-11-21(12-10-19)46(40,41)32-24(37)44-20-14-34(15-20)36(39)33-43-16-42-25(38)45-26(2,3)4/h5-13,20H,14-16H2,1-4H3,(H,32,37)/b36-33-. The van der Waals surface area contributed by atoms with Crippen molar-refractivity contribution in [2.75, 3.05) is 19.9 Å². The second-order valence-corrected chi connectivity index (χ2v) is 12.6. The number of hydrogen-bond donors (Lipinski definition) is 1. The molecule has 4 rings (SSSR count). The van der Waals surface area contributed by atoms with Crippen molar-refractivity contribution >= 4 is 22.3 Å². The molecule has 0 saturated carbocycles. The van der Waals surface area contributed by atoms with Gasteiger partial charge in [-0.3, -0.25) is 0 Å². The van der Waals surface area contributed by atoms with E-state index in [2.05, 4.69) is 20.0 Å². The first-order chi connectivity index (χ1) is 21.4. The molecule has 46 heavy (non-hydrogen) atoms. The smallest absolute Gasteiger partial charge is 0.511 e. The summed E-state index contributed by atoms with van der Waals surface area (Å²) in [5.74, 6) is 0. The summed E-state index contributed by atoms with van der Waals surface area (Å²) < 4.78 is 83.1. The second kappa shape index (κ2) is 13.1. The van der Waals surface area contributed by atoms with Gasteiger partial charge in [0.05, 0.1) is 21.2 Å². The Kier molecular flexibility index (Phi) is 9.64. The predicted octanol–water partition coefficient (Wildman–Crippen LogP) is 4.68. The number of carbonyl (C=O) groups excluding carboxylic acids is 2. The molecule has 2 heterocycles. The second-order valence-electron chi connectivity index (χ2n) is 10.9. The topological polar surface area (TPSA) is 177 Å². The van der Waals surface area contributed by atoms with E-state index in [1.54, 1.807) is 49.8 Å². The van der Waals surface area contributed by atoms with E-state index in [-0.39, 0.29) is 34.3 Å². The highest BCUT2D eigenvalue weighted by molar-refractivity contribution is 7.90. The van der Waals surface area contributed by atoms with Crippen molar-refractivity contribution in [3.63, 3.8) is 0 Å². The van der Waals surface area contributed by atoms with E-state index in [0.29, 0.717) is 5.56 Å². The van der Waals surface area contributed by atoms with E-state index >= 15 is 0 Å². The Morgan fingerprint density at radius 3 is 2.30 bits per heavy atom. The van der Waals surface area contributed by atoms with E-state index in [0.717, 1.165) is 33.5 Å². The van der Waals surface area contributed by atoms with Gasteiger partial charge < -0.3 is 24.3 Å². The number of hydrazine groups is 1. The molecule has 0 unspecified atom stereocenters. The number of hydrogen-bond acceptors (Lipinski definition) is 11. The van der Waals surface area contributed by atoms with Crippen LogP contribution in [-0.2, 0) is 35.2 Å². The molecular weight excluding hydrogens is 641 g/mol. The lowest BCUT2D eigenvalue weighted by Gasteiger charge is -2.33. The van der Waals surface area contributed by atoms with Crippen LogP contribution >= 0.6 is 0 Å². The number of aryl methyl sites for hydroxylation is 1. The van der Waals surface area contributed by atoms with Crippen LogP contribution in [-0.4, -0.2) is 72.0 Å². The Hall–Kier alpha value is -5.07. The number of nitrogens with zero attached hydrogens (tertiary/aromatic N) is 5. The molecule has 1 N–H and O–H groups in total. The van der Waals surface area contributed by atoms with Gasteiger partial charge in [0, 0.05) is 5.56 Å². The Bertz CT molecular complexity index is 1700. The lowest BCUT2D eigenvalue weighted by Crippen LogP contribution is -2.56. The fourth-order valence-electron chi connectivity index (χ4n) is 3.87. The molecular formula is C27H29F3N6O9S. The van der Waals surface area contributed by atoms with Crippen molar-refractivity contribution in [1.82, 2.24) is 19.5 Å². The van der Waals surface area contributed by atoms with E-state index in [9.17, 15) is 36.4 Å². The van der Waals surface area contributed by atoms with Crippen LogP contribution < -0.4 is 4.72 Å². The maximum atomic E-state index is 13.5. The van der Waals surface area contributed by atoms with Crippen molar-refractivity contribution in [3.05, 3.63) is 71.1 Å². The van der Waals surface area contributed by atoms with Crippen molar-refractivity contribution in [2.45, 2.75) is 50.5 Å². The minimum absolute atomic E-state index is 0.0238. The molecule has 0 spiro atoms. The number of rotatable bonds is 9. The first-order valence-corrected chi connectivity index (χ1v) is 14.9. The van der Waals surface area contributed by atoms with Gasteiger partial charge in [0.2, 0.25) is 5.28 Å². The van der Waals surface area contributed by atoms with Crippen LogP contribution in [0.1, 0.15) is 32.0 Å². The third-order valence-corrected chi connectivity index (χ3v) is 7.38. The van der Waals surface area contributed by atoms with Crippen molar-refractivity contribution in [2.24, 2.45) is 5.28 Å². The number of ether oxygens (including phenoxy) is 3. The monoisotopic (exact) mass is 670 g/mol. The first kappa shape index (κ1) is 33.8. The molecule has 0 atom stereocenters. The van der Waals surface area contributed by atoms with E-state index in [1.165, 1.54) is 12.1 Å². The molecule has 1 fully saturated rings. The molecule has 0 bridgehead atoms. The largest absolute Gasteiger partial charge is 0.569 e. The number of nitrogens with one attached hydrogen (secondary N) is 1. The molecule has 248 valence electrons. The Morgan fingerprint density at radius 2 is 1.72 bits per heavy atom. The maximum absolute atomic E-state index is 13.5. The van der Waals surface area contributed by atoms with Crippen molar-refractivity contribution in [1.29, 1.82) is 0 Å². The Morgan fingerprint density at radius 1 is 1.09 bits per heavy atom. The highest BCUT2D eigenvalue weighted by atomic mass is 32.2. The van der Waals surface area contributed by atoms with Crippen LogP contribution in [0.3, 0.4) is 0 Å². The fraction of sp³-hybridized carbons (Fsp3) is 0.370.